The van der Waals surface area contributed by atoms with Crippen LogP contribution < -0.4 is 0 Å². The SMILES string of the molecule is O=C(OCCCCCOC(F)(F)F)c1ccc(F)cc1. The van der Waals surface area contributed by atoms with Gasteiger partial charge < -0.3 is 4.74 Å². The largest absolute Gasteiger partial charge is 0.522 e. The van der Waals surface area contributed by atoms with Gasteiger partial charge in [-0.25, -0.2) is 9.18 Å². The molecule has 0 fully saturated rings. The lowest BCUT2D eigenvalue weighted by atomic mass is 10.2. The Labute approximate surface area is 113 Å². The maximum Gasteiger partial charge on any atom is 0.522 e. The van der Waals surface area contributed by atoms with Crippen molar-refractivity contribution in [2.75, 3.05) is 13.2 Å². The van der Waals surface area contributed by atoms with Crippen LogP contribution >= 0.6 is 0 Å². The van der Waals surface area contributed by atoms with Crippen molar-refractivity contribution in [3.63, 3.8) is 0 Å². The minimum absolute atomic E-state index is 0.0994. The summed E-state index contributed by atoms with van der Waals surface area (Å²) in [4.78, 5) is 11.5. The van der Waals surface area contributed by atoms with Crippen LogP contribution in [0.15, 0.2) is 24.3 Å². The molecule has 0 aliphatic carbocycles. The number of hydrogen-bond acceptors (Lipinski definition) is 3. The number of hydrogen-bond donors (Lipinski definition) is 0. The zero-order valence-corrected chi connectivity index (χ0v) is 10.6. The molecule has 0 saturated carbocycles. The highest BCUT2D eigenvalue weighted by Gasteiger charge is 2.28. The van der Waals surface area contributed by atoms with E-state index in [4.69, 9.17) is 4.74 Å². The van der Waals surface area contributed by atoms with Crippen molar-refractivity contribution in [2.45, 2.75) is 25.6 Å². The van der Waals surface area contributed by atoms with Gasteiger partial charge in [0.1, 0.15) is 5.82 Å². The van der Waals surface area contributed by atoms with Crippen molar-refractivity contribution in [1.29, 1.82) is 0 Å². The Kier molecular flexibility index (Phi) is 6.44. The Morgan fingerprint density at radius 1 is 1.00 bits per heavy atom. The van der Waals surface area contributed by atoms with Crippen LogP contribution in [0, 0.1) is 5.82 Å². The molecular weight excluding hydrogens is 280 g/mol. The summed E-state index contributed by atoms with van der Waals surface area (Å²) in [6, 6.07) is 4.89. The first-order chi connectivity index (χ1) is 9.38. The monoisotopic (exact) mass is 294 g/mol. The molecule has 0 amide bonds. The summed E-state index contributed by atoms with van der Waals surface area (Å²) in [6.07, 6.45) is -3.48. The van der Waals surface area contributed by atoms with Gasteiger partial charge in [-0.1, -0.05) is 0 Å². The van der Waals surface area contributed by atoms with E-state index in [9.17, 15) is 22.4 Å². The van der Waals surface area contributed by atoms with Crippen LogP contribution in [0.25, 0.3) is 0 Å². The van der Waals surface area contributed by atoms with Crippen molar-refractivity contribution in [1.82, 2.24) is 0 Å². The molecule has 112 valence electrons. The zero-order chi connectivity index (χ0) is 15.0. The number of alkyl halides is 3. The van der Waals surface area contributed by atoms with Gasteiger partial charge in [-0.2, -0.15) is 0 Å². The number of carbonyl (C=O) groups is 1. The first-order valence-electron chi connectivity index (χ1n) is 6.02. The van der Waals surface area contributed by atoms with E-state index in [-0.39, 0.29) is 18.6 Å². The van der Waals surface area contributed by atoms with Crippen molar-refractivity contribution in [3.05, 3.63) is 35.6 Å². The molecule has 0 spiro atoms. The van der Waals surface area contributed by atoms with E-state index in [0.29, 0.717) is 12.8 Å². The van der Waals surface area contributed by atoms with Crippen LogP contribution in [0.5, 0.6) is 0 Å². The van der Waals surface area contributed by atoms with Gasteiger partial charge in [0.25, 0.3) is 0 Å². The highest BCUT2D eigenvalue weighted by molar-refractivity contribution is 5.89. The van der Waals surface area contributed by atoms with Crippen molar-refractivity contribution < 1.29 is 31.8 Å². The molecule has 0 aliphatic rings. The third-order valence-electron chi connectivity index (χ3n) is 2.37. The first-order valence-corrected chi connectivity index (χ1v) is 6.02. The number of unbranched alkanes of at least 4 members (excludes halogenated alkanes) is 2. The number of benzene rings is 1. The van der Waals surface area contributed by atoms with Gasteiger partial charge >= 0.3 is 12.3 Å². The average Bonchev–Trinajstić information content (AvgIpc) is 2.37. The van der Waals surface area contributed by atoms with Gasteiger partial charge in [0.15, 0.2) is 0 Å². The second-order valence-electron chi connectivity index (χ2n) is 4.00. The molecule has 1 rings (SSSR count). The van der Waals surface area contributed by atoms with E-state index >= 15 is 0 Å². The van der Waals surface area contributed by atoms with Gasteiger partial charge in [-0.05, 0) is 43.5 Å². The summed E-state index contributed by atoms with van der Waals surface area (Å²) < 4.78 is 56.0. The normalized spacial score (nSPS) is 11.4. The Hall–Kier alpha value is -1.63. The van der Waals surface area contributed by atoms with Crippen LogP contribution in [0.3, 0.4) is 0 Å². The molecule has 20 heavy (non-hydrogen) atoms. The summed E-state index contributed by atoms with van der Waals surface area (Å²) >= 11 is 0. The van der Waals surface area contributed by atoms with Crippen LogP contribution in [0.2, 0.25) is 0 Å². The second-order valence-corrected chi connectivity index (χ2v) is 4.00. The molecule has 0 bridgehead atoms. The molecule has 0 atom stereocenters. The molecule has 0 heterocycles. The predicted molar refractivity (Wildman–Crippen MR) is 62.5 cm³/mol. The fourth-order valence-corrected chi connectivity index (χ4v) is 1.40. The van der Waals surface area contributed by atoms with Crippen molar-refractivity contribution >= 4 is 5.97 Å². The molecule has 0 radical (unpaired) electrons. The maximum atomic E-state index is 12.6. The highest BCUT2D eigenvalue weighted by Crippen LogP contribution is 2.16. The van der Waals surface area contributed by atoms with Crippen molar-refractivity contribution in [2.24, 2.45) is 0 Å². The molecule has 0 aliphatic heterocycles. The minimum Gasteiger partial charge on any atom is -0.462 e. The summed E-state index contributed by atoms with van der Waals surface area (Å²) in [5, 5.41) is 0. The van der Waals surface area contributed by atoms with Crippen LogP contribution in [-0.4, -0.2) is 25.5 Å². The van der Waals surface area contributed by atoms with Crippen LogP contribution in [0.4, 0.5) is 17.6 Å². The third kappa shape index (κ3) is 7.08. The zero-order valence-electron chi connectivity index (χ0n) is 10.6. The fourth-order valence-electron chi connectivity index (χ4n) is 1.40. The lowest BCUT2D eigenvalue weighted by Gasteiger charge is -2.07. The van der Waals surface area contributed by atoms with Crippen LogP contribution in [0.1, 0.15) is 29.6 Å². The quantitative estimate of drug-likeness (QED) is 0.437. The molecular formula is C13H14F4O3. The fraction of sp³-hybridized carbons (Fsp3) is 0.462. The predicted octanol–water partition coefficient (Wildman–Crippen LogP) is 3.69. The number of rotatable bonds is 7. The Morgan fingerprint density at radius 2 is 1.60 bits per heavy atom. The van der Waals surface area contributed by atoms with E-state index in [1.54, 1.807) is 0 Å². The van der Waals surface area contributed by atoms with Gasteiger partial charge in [-0.15, -0.1) is 13.2 Å². The average molecular weight is 294 g/mol. The van der Waals surface area contributed by atoms with Crippen molar-refractivity contribution in [3.8, 4) is 0 Å². The molecule has 1 aromatic rings. The summed E-state index contributed by atoms with van der Waals surface area (Å²) in [5.74, 6) is -1.04. The minimum atomic E-state index is -4.60. The maximum absolute atomic E-state index is 12.6. The van der Waals surface area contributed by atoms with E-state index in [0.717, 1.165) is 12.1 Å². The standard InChI is InChI=1S/C13H14F4O3/c14-11-6-4-10(5-7-11)12(18)19-8-2-1-3-9-20-13(15,16)17/h4-7H,1-3,8-9H2. The Balaban J connectivity index is 2.09. The molecule has 1 aromatic carbocycles. The summed E-state index contributed by atoms with van der Waals surface area (Å²) in [7, 11) is 0. The van der Waals surface area contributed by atoms with Gasteiger partial charge in [0.2, 0.25) is 0 Å². The van der Waals surface area contributed by atoms with Crippen LogP contribution in [-0.2, 0) is 9.47 Å². The van der Waals surface area contributed by atoms with Gasteiger partial charge in [0, 0.05) is 0 Å². The third-order valence-corrected chi connectivity index (χ3v) is 2.37. The van der Waals surface area contributed by atoms with E-state index < -0.39 is 24.8 Å². The topological polar surface area (TPSA) is 35.5 Å². The van der Waals surface area contributed by atoms with E-state index in [1.165, 1.54) is 12.1 Å². The van der Waals surface area contributed by atoms with E-state index in [1.807, 2.05) is 0 Å². The Bertz CT molecular complexity index is 415. The Morgan fingerprint density at radius 3 is 2.20 bits per heavy atom. The molecule has 0 aromatic heterocycles. The van der Waals surface area contributed by atoms with E-state index in [2.05, 4.69) is 4.74 Å². The smallest absolute Gasteiger partial charge is 0.462 e. The lowest BCUT2D eigenvalue weighted by Crippen LogP contribution is -2.14. The molecule has 7 heteroatoms. The molecule has 0 unspecified atom stereocenters. The number of halogens is 4. The number of carbonyl (C=O) groups excluding carboxylic acids is 1. The lowest BCUT2D eigenvalue weighted by molar-refractivity contribution is -0.324. The highest BCUT2D eigenvalue weighted by atomic mass is 19.4. The molecule has 0 saturated heterocycles. The number of ether oxygens (including phenoxy) is 2. The summed E-state index contributed by atoms with van der Waals surface area (Å²) in [5.41, 5.74) is 0.229. The summed E-state index contributed by atoms with van der Waals surface area (Å²) in [6.45, 7) is -0.308. The second kappa shape index (κ2) is 7.84. The molecule has 3 nitrogen and oxygen atoms in total. The van der Waals surface area contributed by atoms with Gasteiger partial charge in [-0.3, -0.25) is 4.74 Å². The molecule has 0 N–H and O–H groups in total. The van der Waals surface area contributed by atoms with Gasteiger partial charge in [0.05, 0.1) is 18.8 Å². The number of esters is 1. The first kappa shape index (κ1) is 16.4.